The molecule has 37 heteroatoms. The van der Waals surface area contributed by atoms with Gasteiger partial charge < -0.3 is 101 Å². The molecule has 125 heavy (non-hydrogen) atoms. The number of aromatic nitrogens is 3. The number of para-hydroxylation sites is 2. The molecule has 6 amide bonds. The van der Waals surface area contributed by atoms with Crippen LogP contribution in [0.3, 0.4) is 0 Å². The summed E-state index contributed by atoms with van der Waals surface area (Å²) in [6, 6.07) is 61.2. The summed E-state index contributed by atoms with van der Waals surface area (Å²) in [4.78, 5) is 81.8. The van der Waals surface area contributed by atoms with Crippen molar-refractivity contribution in [2.24, 2.45) is 0 Å². The second kappa shape index (κ2) is 41.7. The van der Waals surface area contributed by atoms with Crippen LogP contribution in [0.2, 0.25) is 0 Å². The van der Waals surface area contributed by atoms with E-state index in [4.69, 9.17) is 60.9 Å². The minimum Gasteiger partial charge on any atom is -0.497 e. The van der Waals surface area contributed by atoms with Gasteiger partial charge in [-0.25, -0.2) is 4.39 Å². The molecule has 0 fully saturated rings. The fourth-order valence-electron chi connectivity index (χ4n) is 12.1. The molecule has 0 radical (unpaired) electrons. The number of hydrogen-bond donors (Lipinski definition) is 3. The number of alkyl halides is 6. The Balaban J connectivity index is 0.000000161. The topological polar surface area (TPSA) is 337 Å². The fraction of sp³-hybridized carbons (Fsp3) is 0.216. The number of ether oxygens (including phenoxy) is 12. The number of methoxy groups -OCH3 is 1. The van der Waals surface area contributed by atoms with Crippen LogP contribution in [0.4, 0.5) is 30.7 Å². The van der Waals surface area contributed by atoms with Crippen LogP contribution in [0.15, 0.2) is 244 Å². The van der Waals surface area contributed by atoms with Gasteiger partial charge in [-0.15, -0.1) is 26.3 Å². The van der Waals surface area contributed by atoms with Crippen molar-refractivity contribution in [1.29, 1.82) is 0 Å². The largest absolute Gasteiger partial charge is 0.573 e. The standard InChI is InChI=1S/C30H29N3O7.C29H23F4N3O7.C29H24F3N3O7/c1-36-23-10-7-21(8-11-23)13-14-33(29(34)19-37-24-5-3-2-4-6-24)18-25-16-26(32-40-25)30(35)31-17-22-9-12-27-28(15-22)39-20-38-27;30-20-5-1-18(2-6-20)13-34-28(38)24-11-23(43-35-24)15-36(14-19-3-7-21(8-4-19)42-29(31,32)33)27(37)16-39-22-9-10-25-26(12-22)41-17-40-25;30-29(31,32)41-22-9-6-19(7-10-22)15-35(27(36)17-38-21-4-2-1-3-5-21)16-23-13-24(34-42-23)28(37)33-14-20-8-11-25-26(12-20)40-18-39-25/h2-12,15-16H,13-14,17-20H2,1H3,(H,31,35);1-12H,13-17H2,(H,34,38);1-13H,14-18H2,(H,33,37). The second-order valence-corrected chi connectivity index (χ2v) is 27.4. The highest BCUT2D eigenvalue weighted by molar-refractivity contribution is 5.93. The van der Waals surface area contributed by atoms with Crippen molar-refractivity contribution < 1.29 is 130 Å². The lowest BCUT2D eigenvalue weighted by Crippen LogP contribution is -2.36. The zero-order valence-corrected chi connectivity index (χ0v) is 66.2. The molecular weight excluding hydrogens is 1650 g/mol. The maximum atomic E-state index is 13.2. The minimum atomic E-state index is -4.84. The minimum absolute atomic E-state index is 0.00679. The lowest BCUT2D eigenvalue weighted by atomic mass is 10.1. The van der Waals surface area contributed by atoms with Crippen LogP contribution in [0.25, 0.3) is 0 Å². The predicted molar refractivity (Wildman–Crippen MR) is 423 cm³/mol. The van der Waals surface area contributed by atoms with E-state index in [-0.39, 0.29) is 126 Å². The average Bonchev–Trinajstić information content (AvgIpc) is 1.75. The molecule has 9 aromatic carbocycles. The van der Waals surface area contributed by atoms with Crippen molar-refractivity contribution in [1.82, 2.24) is 46.1 Å². The molecule has 648 valence electrons. The number of carbonyl (C=O) groups excluding carboxylic acids is 6. The highest BCUT2D eigenvalue weighted by atomic mass is 19.4. The Kier molecular flexibility index (Phi) is 29.1. The summed E-state index contributed by atoms with van der Waals surface area (Å²) in [5.74, 6) is 2.75. The number of rotatable bonds is 34. The zero-order valence-electron chi connectivity index (χ0n) is 66.2. The van der Waals surface area contributed by atoms with Crippen molar-refractivity contribution in [3.05, 3.63) is 304 Å². The molecule has 3 aliphatic rings. The molecule has 0 saturated heterocycles. The smallest absolute Gasteiger partial charge is 0.497 e. The maximum Gasteiger partial charge on any atom is 0.573 e. The Bertz CT molecular complexity index is 5630. The average molecular weight is 1730 g/mol. The highest BCUT2D eigenvalue weighted by Crippen LogP contribution is 2.37. The zero-order chi connectivity index (χ0) is 87.7. The van der Waals surface area contributed by atoms with E-state index in [0.29, 0.717) is 87.2 Å². The third-order valence-electron chi connectivity index (χ3n) is 18.4. The summed E-state index contributed by atoms with van der Waals surface area (Å²) in [6.45, 7) is 0.459. The SMILES string of the molecule is COc1ccc(CCN(Cc2cc(C(=O)NCc3ccc4c(c3)OCO4)no2)C(=O)COc2ccccc2)cc1.O=C(NCc1ccc(F)cc1)c1cc(CN(Cc2ccc(OC(F)(F)F)cc2)C(=O)COc2ccc3c(c2)OCO3)on1.O=C(NCc1ccc2c(c1)OCO2)c1cc(CN(Cc2ccc(OC(F)(F)F)cc2)C(=O)COc2ccccc2)on1. The van der Waals surface area contributed by atoms with E-state index >= 15 is 0 Å². The number of amides is 6. The first kappa shape index (κ1) is 87.4. The van der Waals surface area contributed by atoms with Gasteiger partial charge in [-0.05, 0) is 149 Å². The lowest BCUT2D eigenvalue weighted by molar-refractivity contribution is -0.275. The maximum absolute atomic E-state index is 13.2. The molecule has 3 aliphatic heterocycles. The van der Waals surface area contributed by atoms with Crippen LogP contribution in [-0.2, 0) is 73.2 Å². The van der Waals surface area contributed by atoms with E-state index < -0.39 is 60.4 Å². The van der Waals surface area contributed by atoms with Crippen molar-refractivity contribution >= 4 is 35.4 Å². The van der Waals surface area contributed by atoms with Crippen LogP contribution < -0.4 is 72.8 Å². The van der Waals surface area contributed by atoms with E-state index in [1.807, 2.05) is 54.6 Å². The Hall–Kier alpha value is -15.5. The van der Waals surface area contributed by atoms with E-state index in [0.717, 1.165) is 46.7 Å². The van der Waals surface area contributed by atoms with Gasteiger partial charge in [0.05, 0.1) is 26.7 Å². The van der Waals surface area contributed by atoms with Crippen LogP contribution in [0.5, 0.6) is 69.0 Å². The van der Waals surface area contributed by atoms with Gasteiger partial charge in [-0.3, -0.25) is 28.8 Å². The number of nitrogens with one attached hydrogen (secondary N) is 3. The molecule has 0 unspecified atom stereocenters. The summed E-state index contributed by atoms with van der Waals surface area (Å²) < 4.78 is 166. The molecule has 15 rings (SSSR count). The lowest BCUT2D eigenvalue weighted by Gasteiger charge is -2.22. The van der Waals surface area contributed by atoms with Gasteiger partial charge in [0.15, 0.2) is 88.7 Å². The first-order chi connectivity index (χ1) is 60.4. The Morgan fingerprint density at radius 2 is 0.688 bits per heavy atom. The molecule has 12 aromatic rings. The molecule has 30 nitrogen and oxygen atoms in total. The molecule has 3 N–H and O–H groups in total. The summed E-state index contributed by atoms with van der Waals surface area (Å²) in [6.07, 6.45) is -9.05. The van der Waals surface area contributed by atoms with Crippen LogP contribution in [0, 0.1) is 5.82 Å². The van der Waals surface area contributed by atoms with E-state index in [9.17, 15) is 59.5 Å². The molecule has 0 aliphatic carbocycles. The normalized spacial score (nSPS) is 11.9. The molecule has 0 bridgehead atoms. The number of halogens is 7. The van der Waals surface area contributed by atoms with Gasteiger partial charge >= 0.3 is 12.7 Å². The van der Waals surface area contributed by atoms with Gasteiger partial charge in [0.2, 0.25) is 20.4 Å². The molecule has 6 heterocycles. The first-order valence-corrected chi connectivity index (χ1v) is 38.2. The summed E-state index contributed by atoms with van der Waals surface area (Å²) in [5, 5.41) is 19.7. The Labute approximate surface area is 706 Å². The summed E-state index contributed by atoms with van der Waals surface area (Å²) >= 11 is 0. The molecule has 3 aromatic heterocycles. The number of nitrogens with zero attached hydrogens (tertiary/aromatic N) is 6. The van der Waals surface area contributed by atoms with Crippen LogP contribution in [0.1, 0.15) is 82.1 Å². The van der Waals surface area contributed by atoms with Gasteiger partial charge in [0.25, 0.3) is 35.4 Å². The van der Waals surface area contributed by atoms with Gasteiger partial charge in [0.1, 0.15) is 40.3 Å². The third-order valence-corrected chi connectivity index (χ3v) is 18.4. The first-order valence-electron chi connectivity index (χ1n) is 38.2. The Morgan fingerprint density at radius 1 is 0.352 bits per heavy atom. The number of benzene rings is 9. The van der Waals surface area contributed by atoms with Crippen LogP contribution >= 0.6 is 0 Å². The number of hydrogen-bond acceptors (Lipinski definition) is 24. The van der Waals surface area contributed by atoms with Crippen LogP contribution in [-0.4, -0.2) is 132 Å². The second-order valence-electron chi connectivity index (χ2n) is 27.4. The van der Waals surface area contributed by atoms with Crippen molar-refractivity contribution in [3.8, 4) is 69.0 Å². The molecule has 0 spiro atoms. The summed E-state index contributed by atoms with van der Waals surface area (Å²) in [5.41, 5.74) is 4.46. The fourth-order valence-corrected chi connectivity index (χ4v) is 12.1. The van der Waals surface area contributed by atoms with E-state index in [1.54, 1.807) is 103 Å². The van der Waals surface area contributed by atoms with Gasteiger partial charge in [-0.2, -0.15) is 0 Å². The number of carbonyl (C=O) groups is 6. The highest BCUT2D eigenvalue weighted by Gasteiger charge is 2.33. The summed E-state index contributed by atoms with van der Waals surface area (Å²) in [7, 11) is 1.62. The monoisotopic (exact) mass is 1730 g/mol. The van der Waals surface area contributed by atoms with Crippen molar-refractivity contribution in [2.45, 2.75) is 71.5 Å². The third kappa shape index (κ3) is 26.5. The molecular formula is C88H76F7N9O21. The van der Waals surface area contributed by atoms with Crippen molar-refractivity contribution in [3.63, 3.8) is 0 Å². The van der Waals surface area contributed by atoms with E-state index in [1.165, 1.54) is 70.5 Å². The predicted octanol–water partition coefficient (Wildman–Crippen LogP) is 13.8. The molecule has 0 atom stereocenters. The van der Waals surface area contributed by atoms with Crippen molar-refractivity contribution in [2.75, 3.05) is 53.9 Å². The van der Waals surface area contributed by atoms with E-state index in [2.05, 4.69) is 40.9 Å². The molecule has 0 saturated carbocycles. The van der Waals surface area contributed by atoms with Gasteiger partial charge in [0, 0.05) is 63.5 Å². The number of fused-ring (bicyclic) bond motifs is 3. The quantitative estimate of drug-likeness (QED) is 0.0315. The van der Waals surface area contributed by atoms with Gasteiger partial charge in [-0.1, -0.05) is 113 Å². The Morgan fingerprint density at radius 3 is 1.10 bits per heavy atom.